The van der Waals surface area contributed by atoms with Gasteiger partial charge in [-0.05, 0) is 19.1 Å². The summed E-state index contributed by atoms with van der Waals surface area (Å²) in [6, 6.07) is 9.46. The molecule has 0 bridgehead atoms. The summed E-state index contributed by atoms with van der Waals surface area (Å²) in [5.74, 6) is 0.353. The summed E-state index contributed by atoms with van der Waals surface area (Å²) in [5, 5.41) is 4.34. The molecule has 1 aromatic carbocycles. The van der Waals surface area contributed by atoms with Crippen LogP contribution in [0.15, 0.2) is 30.3 Å². The first-order valence-corrected chi connectivity index (χ1v) is 6.95. The number of ether oxygens (including phenoxy) is 1. The number of benzene rings is 1. The Hall–Kier alpha value is -2.34. The lowest BCUT2D eigenvalue weighted by Gasteiger charge is -2.25. The highest BCUT2D eigenvalue weighted by molar-refractivity contribution is 5.93. The van der Waals surface area contributed by atoms with Gasteiger partial charge in [-0.2, -0.15) is 5.10 Å². The molecule has 21 heavy (non-hydrogen) atoms. The zero-order valence-electron chi connectivity index (χ0n) is 12.0. The smallest absolute Gasteiger partial charge is 0.274 e. The standard InChI is InChI=1S/C15H18N4O2/c1-11-2-4-12(5-3-11)19-14(16)10-13(17-19)15(20)18-6-8-21-9-7-18/h2-5,10H,6-9,16H2,1H3. The molecule has 1 fully saturated rings. The quantitative estimate of drug-likeness (QED) is 0.901. The highest BCUT2D eigenvalue weighted by Crippen LogP contribution is 2.16. The summed E-state index contributed by atoms with van der Waals surface area (Å²) in [4.78, 5) is 14.1. The maximum Gasteiger partial charge on any atom is 0.274 e. The number of aromatic nitrogens is 2. The van der Waals surface area contributed by atoms with Gasteiger partial charge in [-0.25, -0.2) is 4.68 Å². The summed E-state index contributed by atoms with van der Waals surface area (Å²) in [6.07, 6.45) is 0. The Morgan fingerprint density at radius 3 is 2.57 bits per heavy atom. The zero-order chi connectivity index (χ0) is 14.8. The molecule has 0 unspecified atom stereocenters. The average molecular weight is 286 g/mol. The SMILES string of the molecule is Cc1ccc(-n2nc(C(=O)N3CCOCC3)cc2N)cc1. The molecule has 1 aromatic heterocycles. The van der Waals surface area contributed by atoms with E-state index in [1.54, 1.807) is 15.6 Å². The normalized spacial score (nSPS) is 15.2. The van der Waals surface area contributed by atoms with E-state index in [-0.39, 0.29) is 5.91 Å². The molecule has 0 aliphatic carbocycles. The Bertz CT molecular complexity index is 642. The molecule has 3 rings (SSSR count). The molecule has 2 N–H and O–H groups in total. The van der Waals surface area contributed by atoms with Gasteiger partial charge in [0.05, 0.1) is 18.9 Å². The lowest BCUT2D eigenvalue weighted by Crippen LogP contribution is -2.40. The number of carbonyl (C=O) groups is 1. The lowest BCUT2D eigenvalue weighted by molar-refractivity contribution is 0.0298. The second-order valence-electron chi connectivity index (χ2n) is 5.11. The number of nitrogens with two attached hydrogens (primary N) is 1. The van der Waals surface area contributed by atoms with Gasteiger partial charge in [0.1, 0.15) is 5.82 Å². The van der Waals surface area contributed by atoms with E-state index in [1.165, 1.54) is 0 Å². The first-order valence-electron chi connectivity index (χ1n) is 6.95. The van der Waals surface area contributed by atoms with Gasteiger partial charge in [-0.1, -0.05) is 17.7 Å². The van der Waals surface area contributed by atoms with Gasteiger partial charge in [0.25, 0.3) is 5.91 Å². The molecule has 6 heteroatoms. The number of carbonyl (C=O) groups excluding carboxylic acids is 1. The van der Waals surface area contributed by atoms with Crippen molar-refractivity contribution in [1.29, 1.82) is 0 Å². The van der Waals surface area contributed by atoms with Crippen molar-refractivity contribution in [2.45, 2.75) is 6.92 Å². The molecular weight excluding hydrogens is 268 g/mol. The van der Waals surface area contributed by atoms with Gasteiger partial charge in [0.15, 0.2) is 5.69 Å². The van der Waals surface area contributed by atoms with Crippen molar-refractivity contribution in [2.24, 2.45) is 0 Å². The van der Waals surface area contributed by atoms with Crippen LogP contribution >= 0.6 is 0 Å². The molecule has 1 saturated heterocycles. The molecule has 0 spiro atoms. The number of rotatable bonds is 2. The van der Waals surface area contributed by atoms with Crippen LogP contribution < -0.4 is 5.73 Å². The van der Waals surface area contributed by atoms with Gasteiger partial charge >= 0.3 is 0 Å². The third kappa shape index (κ3) is 2.75. The number of amides is 1. The van der Waals surface area contributed by atoms with Crippen LogP contribution in [0.5, 0.6) is 0 Å². The molecule has 1 amide bonds. The van der Waals surface area contributed by atoms with Crippen LogP contribution in [-0.4, -0.2) is 46.9 Å². The number of anilines is 1. The average Bonchev–Trinajstić information content (AvgIpc) is 2.90. The van der Waals surface area contributed by atoms with Crippen LogP contribution in [0.3, 0.4) is 0 Å². The summed E-state index contributed by atoms with van der Waals surface area (Å²) in [6.45, 7) is 4.34. The van der Waals surface area contributed by atoms with Crippen molar-refractivity contribution in [2.75, 3.05) is 32.0 Å². The third-order valence-electron chi connectivity index (χ3n) is 3.53. The molecule has 1 aliphatic heterocycles. The Morgan fingerprint density at radius 2 is 1.90 bits per heavy atom. The number of nitrogen functional groups attached to an aromatic ring is 1. The molecule has 1 aliphatic rings. The summed E-state index contributed by atoms with van der Waals surface area (Å²) >= 11 is 0. The maximum atomic E-state index is 12.4. The van der Waals surface area contributed by atoms with E-state index < -0.39 is 0 Å². The molecule has 0 saturated carbocycles. The number of nitrogens with zero attached hydrogens (tertiary/aromatic N) is 3. The fourth-order valence-electron chi connectivity index (χ4n) is 2.32. The van der Waals surface area contributed by atoms with Crippen molar-refractivity contribution in [3.63, 3.8) is 0 Å². The monoisotopic (exact) mass is 286 g/mol. The fraction of sp³-hybridized carbons (Fsp3) is 0.333. The molecular formula is C15H18N4O2. The third-order valence-corrected chi connectivity index (χ3v) is 3.53. The van der Waals surface area contributed by atoms with Crippen molar-refractivity contribution in [3.8, 4) is 5.69 Å². The van der Waals surface area contributed by atoms with E-state index in [0.717, 1.165) is 11.3 Å². The molecule has 0 atom stereocenters. The minimum Gasteiger partial charge on any atom is -0.384 e. The van der Waals surface area contributed by atoms with Crippen molar-refractivity contribution in [1.82, 2.24) is 14.7 Å². The molecule has 2 heterocycles. The first-order chi connectivity index (χ1) is 10.1. The van der Waals surface area contributed by atoms with Gasteiger partial charge in [-0.15, -0.1) is 0 Å². The Labute approximate surface area is 123 Å². The van der Waals surface area contributed by atoms with Crippen LogP contribution in [0.25, 0.3) is 5.69 Å². The van der Waals surface area contributed by atoms with E-state index in [9.17, 15) is 4.79 Å². The van der Waals surface area contributed by atoms with E-state index in [2.05, 4.69) is 5.10 Å². The van der Waals surface area contributed by atoms with E-state index in [4.69, 9.17) is 10.5 Å². The number of morpholine rings is 1. The van der Waals surface area contributed by atoms with Crippen LogP contribution in [0.2, 0.25) is 0 Å². The zero-order valence-corrected chi connectivity index (χ0v) is 12.0. The second-order valence-corrected chi connectivity index (χ2v) is 5.11. The minimum absolute atomic E-state index is 0.101. The molecule has 6 nitrogen and oxygen atoms in total. The van der Waals surface area contributed by atoms with Gasteiger partial charge in [0.2, 0.25) is 0 Å². The molecule has 2 aromatic rings. The molecule has 0 radical (unpaired) electrons. The fourth-order valence-corrected chi connectivity index (χ4v) is 2.32. The minimum atomic E-state index is -0.101. The number of hydrogen-bond acceptors (Lipinski definition) is 4. The second kappa shape index (κ2) is 5.57. The predicted octanol–water partition coefficient (Wildman–Crippen LogP) is 1.24. The van der Waals surface area contributed by atoms with Crippen molar-refractivity contribution < 1.29 is 9.53 Å². The van der Waals surface area contributed by atoms with E-state index >= 15 is 0 Å². The van der Waals surface area contributed by atoms with Gasteiger partial charge in [-0.3, -0.25) is 4.79 Å². The Morgan fingerprint density at radius 1 is 1.24 bits per heavy atom. The summed E-state index contributed by atoms with van der Waals surface area (Å²) < 4.78 is 6.84. The van der Waals surface area contributed by atoms with E-state index in [0.29, 0.717) is 37.8 Å². The largest absolute Gasteiger partial charge is 0.384 e. The summed E-state index contributed by atoms with van der Waals surface area (Å²) in [5.41, 5.74) is 8.36. The molecule has 110 valence electrons. The Kier molecular flexibility index (Phi) is 3.62. The number of hydrogen-bond donors (Lipinski definition) is 1. The van der Waals surface area contributed by atoms with Crippen LogP contribution in [0.4, 0.5) is 5.82 Å². The predicted molar refractivity (Wildman–Crippen MR) is 79.4 cm³/mol. The maximum absolute atomic E-state index is 12.4. The van der Waals surface area contributed by atoms with Crippen molar-refractivity contribution in [3.05, 3.63) is 41.6 Å². The highest BCUT2D eigenvalue weighted by Gasteiger charge is 2.22. The van der Waals surface area contributed by atoms with Crippen LogP contribution in [0.1, 0.15) is 16.1 Å². The highest BCUT2D eigenvalue weighted by atomic mass is 16.5. The number of aryl methyl sites for hydroxylation is 1. The van der Waals surface area contributed by atoms with Crippen LogP contribution in [-0.2, 0) is 4.74 Å². The first kappa shape index (κ1) is 13.6. The van der Waals surface area contributed by atoms with E-state index in [1.807, 2.05) is 31.2 Å². The van der Waals surface area contributed by atoms with Gasteiger partial charge in [0, 0.05) is 19.2 Å². The lowest BCUT2D eigenvalue weighted by atomic mass is 10.2. The van der Waals surface area contributed by atoms with Gasteiger partial charge < -0.3 is 15.4 Å². The summed E-state index contributed by atoms with van der Waals surface area (Å²) in [7, 11) is 0. The topological polar surface area (TPSA) is 73.4 Å². The van der Waals surface area contributed by atoms with Crippen LogP contribution in [0, 0.1) is 6.92 Å². The van der Waals surface area contributed by atoms with Crippen molar-refractivity contribution >= 4 is 11.7 Å². The Balaban J connectivity index is 1.86.